The Kier molecular flexibility index (Phi) is 5.71. The van der Waals surface area contributed by atoms with Gasteiger partial charge >= 0.3 is 5.97 Å². The Bertz CT molecular complexity index is 790. The van der Waals surface area contributed by atoms with E-state index in [0.29, 0.717) is 11.3 Å². The number of hydrogen-bond acceptors (Lipinski definition) is 3. The second-order valence-corrected chi connectivity index (χ2v) is 7.05. The first-order valence-corrected chi connectivity index (χ1v) is 9.23. The Morgan fingerprint density at radius 3 is 2.31 bits per heavy atom. The van der Waals surface area contributed by atoms with E-state index in [4.69, 9.17) is 4.74 Å². The van der Waals surface area contributed by atoms with Crippen LogP contribution in [0.15, 0.2) is 42.5 Å². The SMILES string of the molecule is Cc1ccc(NC(=O)c2ccc(OC(=O)C3CCCCC3)cc2)c(C)c1. The maximum absolute atomic E-state index is 12.4. The highest BCUT2D eigenvalue weighted by Crippen LogP contribution is 2.26. The fourth-order valence-corrected chi connectivity index (χ4v) is 3.36. The zero-order valence-corrected chi connectivity index (χ0v) is 15.4. The van der Waals surface area contributed by atoms with Crippen LogP contribution in [0.4, 0.5) is 5.69 Å². The molecule has 0 atom stereocenters. The number of anilines is 1. The molecule has 3 rings (SSSR count). The van der Waals surface area contributed by atoms with Crippen molar-refractivity contribution < 1.29 is 14.3 Å². The van der Waals surface area contributed by atoms with Crippen molar-refractivity contribution in [3.63, 3.8) is 0 Å². The molecule has 136 valence electrons. The van der Waals surface area contributed by atoms with Gasteiger partial charge in [-0.15, -0.1) is 0 Å². The fraction of sp³-hybridized carbons (Fsp3) is 0.364. The molecule has 2 aromatic rings. The molecule has 0 saturated heterocycles. The molecular formula is C22H25NO3. The van der Waals surface area contributed by atoms with Crippen molar-refractivity contribution in [1.29, 1.82) is 0 Å². The Morgan fingerprint density at radius 1 is 0.962 bits per heavy atom. The summed E-state index contributed by atoms with van der Waals surface area (Å²) in [5.74, 6) is 0.166. The standard InChI is InChI=1S/C22H25NO3/c1-15-8-13-20(16(2)14-15)23-21(24)17-9-11-19(12-10-17)26-22(25)18-6-4-3-5-7-18/h8-14,18H,3-7H2,1-2H3,(H,23,24). The van der Waals surface area contributed by atoms with Crippen LogP contribution in [0.2, 0.25) is 0 Å². The van der Waals surface area contributed by atoms with Crippen LogP contribution >= 0.6 is 0 Å². The summed E-state index contributed by atoms with van der Waals surface area (Å²) in [6.07, 6.45) is 5.22. The zero-order chi connectivity index (χ0) is 18.5. The van der Waals surface area contributed by atoms with Crippen molar-refractivity contribution in [1.82, 2.24) is 0 Å². The minimum absolute atomic E-state index is 0.0104. The zero-order valence-electron chi connectivity index (χ0n) is 15.4. The monoisotopic (exact) mass is 351 g/mol. The first kappa shape index (κ1) is 18.2. The third kappa shape index (κ3) is 4.51. The Morgan fingerprint density at radius 2 is 1.65 bits per heavy atom. The van der Waals surface area contributed by atoms with E-state index in [1.165, 1.54) is 6.42 Å². The van der Waals surface area contributed by atoms with Crippen LogP contribution in [0, 0.1) is 19.8 Å². The molecule has 0 aliphatic heterocycles. The van der Waals surface area contributed by atoms with Crippen LogP contribution in [0.3, 0.4) is 0 Å². The number of ether oxygens (including phenoxy) is 1. The number of nitrogens with one attached hydrogen (secondary N) is 1. The van der Waals surface area contributed by atoms with E-state index >= 15 is 0 Å². The maximum Gasteiger partial charge on any atom is 0.314 e. The number of aryl methyl sites for hydroxylation is 2. The minimum atomic E-state index is -0.179. The van der Waals surface area contributed by atoms with Crippen molar-refractivity contribution in [2.75, 3.05) is 5.32 Å². The van der Waals surface area contributed by atoms with Gasteiger partial charge in [-0.25, -0.2) is 0 Å². The number of hydrogen-bond donors (Lipinski definition) is 1. The van der Waals surface area contributed by atoms with Gasteiger partial charge < -0.3 is 10.1 Å². The van der Waals surface area contributed by atoms with E-state index in [2.05, 4.69) is 5.32 Å². The van der Waals surface area contributed by atoms with E-state index in [1.54, 1.807) is 24.3 Å². The predicted molar refractivity (Wildman–Crippen MR) is 103 cm³/mol. The summed E-state index contributed by atoms with van der Waals surface area (Å²) < 4.78 is 5.47. The molecule has 0 unspecified atom stereocenters. The molecule has 0 aromatic heterocycles. The summed E-state index contributed by atoms with van der Waals surface area (Å²) in [6, 6.07) is 12.6. The molecule has 1 N–H and O–H groups in total. The first-order chi connectivity index (χ1) is 12.5. The number of rotatable bonds is 4. The van der Waals surface area contributed by atoms with E-state index in [9.17, 15) is 9.59 Å². The normalized spacial score (nSPS) is 14.7. The minimum Gasteiger partial charge on any atom is -0.426 e. The lowest BCUT2D eigenvalue weighted by atomic mass is 9.89. The highest BCUT2D eigenvalue weighted by Gasteiger charge is 2.23. The fourth-order valence-electron chi connectivity index (χ4n) is 3.36. The average Bonchev–Trinajstić information content (AvgIpc) is 2.65. The molecule has 2 aromatic carbocycles. The molecule has 1 fully saturated rings. The highest BCUT2D eigenvalue weighted by atomic mass is 16.5. The van der Waals surface area contributed by atoms with Gasteiger partial charge in [-0.05, 0) is 62.6 Å². The van der Waals surface area contributed by atoms with Crippen LogP contribution in [-0.4, -0.2) is 11.9 Å². The van der Waals surface area contributed by atoms with Gasteiger partial charge in [-0.3, -0.25) is 9.59 Å². The molecular weight excluding hydrogens is 326 g/mol. The molecule has 26 heavy (non-hydrogen) atoms. The molecule has 1 amide bonds. The van der Waals surface area contributed by atoms with E-state index < -0.39 is 0 Å². The first-order valence-electron chi connectivity index (χ1n) is 9.23. The van der Waals surface area contributed by atoms with Crippen molar-refractivity contribution >= 4 is 17.6 Å². The molecule has 0 bridgehead atoms. The lowest BCUT2D eigenvalue weighted by Gasteiger charge is -2.19. The second-order valence-electron chi connectivity index (χ2n) is 7.05. The summed E-state index contributed by atoms with van der Waals surface area (Å²) in [7, 11) is 0. The summed E-state index contributed by atoms with van der Waals surface area (Å²) in [4.78, 5) is 24.6. The van der Waals surface area contributed by atoms with Gasteiger partial charge in [0.2, 0.25) is 0 Å². The summed E-state index contributed by atoms with van der Waals surface area (Å²) >= 11 is 0. The lowest BCUT2D eigenvalue weighted by Crippen LogP contribution is -2.22. The average molecular weight is 351 g/mol. The summed E-state index contributed by atoms with van der Waals surface area (Å²) in [5, 5.41) is 2.92. The summed E-state index contributed by atoms with van der Waals surface area (Å²) in [5.41, 5.74) is 3.51. The van der Waals surface area contributed by atoms with Crippen LogP contribution in [0.5, 0.6) is 5.75 Å². The quantitative estimate of drug-likeness (QED) is 0.620. The molecule has 4 heteroatoms. The third-order valence-corrected chi connectivity index (χ3v) is 4.90. The Labute approximate surface area is 154 Å². The number of esters is 1. The van der Waals surface area contributed by atoms with Gasteiger partial charge in [0.1, 0.15) is 5.75 Å². The Hall–Kier alpha value is -2.62. The molecule has 1 saturated carbocycles. The molecule has 0 radical (unpaired) electrons. The number of benzene rings is 2. The largest absolute Gasteiger partial charge is 0.426 e. The van der Waals surface area contributed by atoms with Gasteiger partial charge in [0.05, 0.1) is 5.92 Å². The molecule has 1 aliphatic carbocycles. The highest BCUT2D eigenvalue weighted by molar-refractivity contribution is 6.04. The third-order valence-electron chi connectivity index (χ3n) is 4.90. The molecule has 1 aliphatic rings. The van der Waals surface area contributed by atoms with Crippen molar-refractivity contribution in [3.8, 4) is 5.75 Å². The van der Waals surface area contributed by atoms with Gasteiger partial charge in [-0.2, -0.15) is 0 Å². The van der Waals surface area contributed by atoms with Crippen LogP contribution in [0.1, 0.15) is 53.6 Å². The van der Waals surface area contributed by atoms with Crippen molar-refractivity contribution in [2.24, 2.45) is 5.92 Å². The Balaban J connectivity index is 1.61. The molecule has 4 nitrogen and oxygen atoms in total. The van der Waals surface area contributed by atoms with Crippen LogP contribution in [0.25, 0.3) is 0 Å². The molecule has 0 spiro atoms. The van der Waals surface area contributed by atoms with Gasteiger partial charge in [0.25, 0.3) is 5.91 Å². The number of amides is 1. The van der Waals surface area contributed by atoms with E-state index in [0.717, 1.165) is 42.5 Å². The van der Waals surface area contributed by atoms with Gasteiger partial charge in [0.15, 0.2) is 0 Å². The number of carbonyl (C=O) groups excluding carboxylic acids is 2. The smallest absolute Gasteiger partial charge is 0.314 e. The summed E-state index contributed by atoms with van der Waals surface area (Å²) in [6.45, 7) is 3.99. The van der Waals surface area contributed by atoms with Gasteiger partial charge in [0, 0.05) is 11.3 Å². The molecule has 0 heterocycles. The van der Waals surface area contributed by atoms with Gasteiger partial charge in [-0.1, -0.05) is 37.0 Å². The van der Waals surface area contributed by atoms with Crippen LogP contribution in [-0.2, 0) is 4.79 Å². The van der Waals surface area contributed by atoms with E-state index in [1.807, 2.05) is 32.0 Å². The lowest BCUT2D eigenvalue weighted by molar-refractivity contribution is -0.139. The topological polar surface area (TPSA) is 55.4 Å². The van der Waals surface area contributed by atoms with Crippen molar-refractivity contribution in [2.45, 2.75) is 46.0 Å². The maximum atomic E-state index is 12.4. The second kappa shape index (κ2) is 8.17. The van der Waals surface area contributed by atoms with Crippen molar-refractivity contribution in [3.05, 3.63) is 59.2 Å². The van der Waals surface area contributed by atoms with E-state index in [-0.39, 0.29) is 17.8 Å². The predicted octanol–water partition coefficient (Wildman–Crippen LogP) is 5.04. The number of carbonyl (C=O) groups is 2. The van der Waals surface area contributed by atoms with Crippen LogP contribution < -0.4 is 10.1 Å².